The van der Waals surface area contributed by atoms with Crippen LogP contribution >= 0.6 is 0 Å². The highest BCUT2D eigenvalue weighted by atomic mass is 16.6. The summed E-state index contributed by atoms with van der Waals surface area (Å²) in [6.45, 7) is -0.401. The fourth-order valence-electron chi connectivity index (χ4n) is 2.36. The molecule has 2 rings (SSSR count). The Morgan fingerprint density at radius 3 is 2.48 bits per heavy atom. The molecule has 10 heteroatoms. The summed E-state index contributed by atoms with van der Waals surface area (Å²) in [5.41, 5.74) is -1.09. The Bertz CT molecular complexity index is 1030. The summed E-state index contributed by atoms with van der Waals surface area (Å²) < 4.78 is 0. The molecule has 0 spiro atoms. The van der Waals surface area contributed by atoms with Crippen molar-refractivity contribution in [3.63, 3.8) is 0 Å². The monoisotopic (exact) mass is 396 g/mol. The Labute approximate surface area is 165 Å². The van der Waals surface area contributed by atoms with Crippen LogP contribution in [0.4, 0.5) is 11.4 Å². The normalized spacial score (nSPS) is 11.0. The molecule has 10 nitrogen and oxygen atoms in total. The lowest BCUT2D eigenvalue weighted by atomic mass is 10.1. The van der Waals surface area contributed by atoms with Gasteiger partial charge in [0.15, 0.2) is 11.3 Å². The number of rotatable bonds is 6. The number of para-hydroxylation sites is 1. The van der Waals surface area contributed by atoms with Gasteiger partial charge >= 0.3 is 5.69 Å². The van der Waals surface area contributed by atoms with E-state index in [0.717, 1.165) is 23.1 Å². The molecule has 0 fully saturated rings. The molecule has 0 aromatic heterocycles. The highest BCUT2D eigenvalue weighted by Crippen LogP contribution is 2.29. The smallest absolute Gasteiger partial charge is 0.311 e. The zero-order valence-corrected chi connectivity index (χ0v) is 15.2. The minimum atomic E-state index is -0.955. The van der Waals surface area contributed by atoms with E-state index < -0.39 is 46.1 Å². The summed E-state index contributed by atoms with van der Waals surface area (Å²) in [7, 11) is 1.26. The summed E-state index contributed by atoms with van der Waals surface area (Å²) in [5.74, 6) is -2.92. The second-order valence-electron chi connectivity index (χ2n) is 5.87. The van der Waals surface area contributed by atoms with E-state index in [-0.39, 0.29) is 5.56 Å². The molecule has 0 bridgehead atoms. The van der Waals surface area contributed by atoms with Gasteiger partial charge < -0.3 is 20.4 Å². The van der Waals surface area contributed by atoms with Gasteiger partial charge in [0.25, 0.3) is 5.91 Å². The van der Waals surface area contributed by atoms with Crippen molar-refractivity contribution in [2.24, 2.45) is 0 Å². The van der Waals surface area contributed by atoms with E-state index in [1.807, 2.05) is 0 Å². The first-order valence-electron chi connectivity index (χ1n) is 8.16. The number of aliphatic hydroxyl groups excluding tert-OH is 1. The van der Waals surface area contributed by atoms with Crippen LogP contribution in [0.2, 0.25) is 0 Å². The lowest BCUT2D eigenvalue weighted by Crippen LogP contribution is -2.35. The third-order valence-electron chi connectivity index (χ3n) is 3.79. The summed E-state index contributed by atoms with van der Waals surface area (Å²) in [6, 6.07) is 13.0. The van der Waals surface area contributed by atoms with E-state index in [0.29, 0.717) is 5.69 Å². The quantitative estimate of drug-likeness (QED) is 0.222. The van der Waals surface area contributed by atoms with Gasteiger partial charge in [-0.05, 0) is 24.3 Å². The minimum Gasteiger partial charge on any atom is -0.506 e. The van der Waals surface area contributed by atoms with Crippen molar-refractivity contribution in [2.45, 2.75) is 0 Å². The molecule has 0 aliphatic rings. The minimum absolute atomic E-state index is 0.207. The maximum Gasteiger partial charge on any atom is 0.311 e. The first kappa shape index (κ1) is 20.9. The first-order valence-corrected chi connectivity index (χ1v) is 8.16. The Kier molecular flexibility index (Phi) is 6.50. The SMILES string of the molecule is CN(CC(=O)Nc1ccccc1)C(=O)/C(C#N)=C(\O)c1ccc(O)c([N+](=O)[O-])c1. The molecule has 29 heavy (non-hydrogen) atoms. The number of nitrogens with zero attached hydrogens (tertiary/aromatic N) is 3. The number of hydrogen-bond donors (Lipinski definition) is 3. The van der Waals surface area contributed by atoms with Crippen LogP contribution in [0.5, 0.6) is 5.75 Å². The average Bonchev–Trinajstić information content (AvgIpc) is 2.69. The number of phenolic OH excluding ortho intramolecular Hbond substituents is 1. The molecule has 0 radical (unpaired) electrons. The van der Waals surface area contributed by atoms with Crippen LogP contribution in [0.15, 0.2) is 54.1 Å². The van der Waals surface area contributed by atoms with E-state index in [4.69, 9.17) is 0 Å². The van der Waals surface area contributed by atoms with Crippen LogP contribution in [0.1, 0.15) is 5.56 Å². The van der Waals surface area contributed by atoms with Gasteiger partial charge in [-0.1, -0.05) is 18.2 Å². The Balaban J connectivity index is 2.22. The standard InChI is InChI=1S/C19H16N4O6/c1-22(11-17(25)21-13-5-3-2-4-6-13)19(27)14(10-20)18(26)12-7-8-16(24)15(9-12)23(28)29/h2-9,24,26H,11H2,1H3,(H,21,25)/b18-14-. The molecule has 0 saturated heterocycles. The number of nitrogens with one attached hydrogen (secondary N) is 1. The van der Waals surface area contributed by atoms with Gasteiger partial charge in [0, 0.05) is 24.4 Å². The number of nitro benzene ring substituents is 1. The summed E-state index contributed by atoms with van der Waals surface area (Å²) >= 11 is 0. The number of amides is 2. The molecule has 0 aliphatic heterocycles. The number of benzene rings is 2. The fraction of sp³-hybridized carbons (Fsp3) is 0.105. The number of anilines is 1. The Morgan fingerprint density at radius 1 is 1.24 bits per heavy atom. The van der Waals surface area contributed by atoms with Crippen LogP contribution in [0.3, 0.4) is 0 Å². The number of nitro groups is 1. The van der Waals surface area contributed by atoms with E-state index >= 15 is 0 Å². The molecule has 0 unspecified atom stereocenters. The molecule has 2 aromatic rings. The summed E-state index contributed by atoms with van der Waals surface area (Å²) in [5, 5.41) is 42.5. The van der Waals surface area contributed by atoms with Crippen molar-refractivity contribution in [3.05, 3.63) is 69.8 Å². The van der Waals surface area contributed by atoms with Gasteiger partial charge in [-0.2, -0.15) is 5.26 Å². The molecular weight excluding hydrogens is 380 g/mol. The maximum absolute atomic E-state index is 12.5. The number of phenols is 1. The number of carbonyl (C=O) groups excluding carboxylic acids is 2. The van der Waals surface area contributed by atoms with Crippen LogP contribution in [-0.4, -0.2) is 45.4 Å². The van der Waals surface area contributed by atoms with E-state index in [1.165, 1.54) is 7.05 Å². The molecule has 2 amide bonds. The van der Waals surface area contributed by atoms with Gasteiger partial charge in [-0.25, -0.2) is 0 Å². The third-order valence-corrected chi connectivity index (χ3v) is 3.79. The van der Waals surface area contributed by atoms with Crippen molar-refractivity contribution >= 4 is 28.9 Å². The predicted octanol–water partition coefficient (Wildman–Crippen LogP) is 2.19. The fourth-order valence-corrected chi connectivity index (χ4v) is 2.36. The highest BCUT2D eigenvalue weighted by molar-refractivity contribution is 6.05. The zero-order chi connectivity index (χ0) is 21.6. The van der Waals surface area contributed by atoms with E-state index in [2.05, 4.69) is 5.32 Å². The predicted molar refractivity (Wildman–Crippen MR) is 103 cm³/mol. The lowest BCUT2D eigenvalue weighted by molar-refractivity contribution is -0.385. The molecule has 3 N–H and O–H groups in total. The molecule has 148 valence electrons. The molecular formula is C19H16N4O6. The van der Waals surface area contributed by atoms with Gasteiger partial charge in [0.2, 0.25) is 5.91 Å². The van der Waals surface area contributed by atoms with Crippen molar-refractivity contribution in [2.75, 3.05) is 18.9 Å². The topological polar surface area (TPSA) is 157 Å². The number of hydrogen-bond acceptors (Lipinski definition) is 7. The number of likely N-dealkylation sites (N-methyl/N-ethyl adjacent to an activating group) is 1. The largest absolute Gasteiger partial charge is 0.506 e. The number of aromatic hydroxyl groups is 1. The van der Waals surface area contributed by atoms with Gasteiger partial charge in [0.05, 0.1) is 11.5 Å². The van der Waals surface area contributed by atoms with E-state index in [9.17, 15) is 35.2 Å². The molecule has 2 aromatic carbocycles. The molecule has 0 atom stereocenters. The van der Waals surface area contributed by atoms with E-state index in [1.54, 1.807) is 36.4 Å². The second kappa shape index (κ2) is 9.01. The summed E-state index contributed by atoms with van der Waals surface area (Å²) in [6.07, 6.45) is 0. The van der Waals surface area contributed by atoms with Crippen LogP contribution in [0.25, 0.3) is 5.76 Å². The van der Waals surface area contributed by atoms with Crippen molar-refractivity contribution in [3.8, 4) is 11.8 Å². The molecule has 0 saturated carbocycles. The van der Waals surface area contributed by atoms with Crippen LogP contribution in [0, 0.1) is 21.4 Å². The van der Waals surface area contributed by atoms with Crippen LogP contribution in [-0.2, 0) is 9.59 Å². The average molecular weight is 396 g/mol. The lowest BCUT2D eigenvalue weighted by Gasteiger charge is -2.17. The number of aliphatic hydroxyl groups is 1. The second-order valence-corrected chi connectivity index (χ2v) is 5.87. The molecule has 0 aliphatic carbocycles. The van der Waals surface area contributed by atoms with Gasteiger partial charge in [-0.3, -0.25) is 19.7 Å². The molecule has 0 heterocycles. The Hall–Kier alpha value is -4.39. The highest BCUT2D eigenvalue weighted by Gasteiger charge is 2.24. The third kappa shape index (κ3) is 5.08. The zero-order valence-electron chi connectivity index (χ0n) is 15.2. The number of nitriles is 1. The van der Waals surface area contributed by atoms with Crippen molar-refractivity contribution < 1.29 is 24.7 Å². The van der Waals surface area contributed by atoms with Crippen LogP contribution < -0.4 is 5.32 Å². The van der Waals surface area contributed by atoms with Crippen molar-refractivity contribution in [1.82, 2.24) is 4.90 Å². The van der Waals surface area contributed by atoms with Gasteiger partial charge in [-0.15, -0.1) is 0 Å². The Morgan fingerprint density at radius 2 is 1.90 bits per heavy atom. The maximum atomic E-state index is 12.5. The first-order chi connectivity index (χ1) is 13.7. The summed E-state index contributed by atoms with van der Waals surface area (Å²) in [4.78, 5) is 35.5. The van der Waals surface area contributed by atoms with Gasteiger partial charge in [0.1, 0.15) is 11.8 Å². The van der Waals surface area contributed by atoms with Crippen molar-refractivity contribution in [1.29, 1.82) is 5.26 Å². The number of carbonyl (C=O) groups is 2.